The summed E-state index contributed by atoms with van der Waals surface area (Å²) in [5.74, 6) is 1.14. The second kappa shape index (κ2) is 6.57. The lowest BCUT2D eigenvalue weighted by molar-refractivity contribution is -0.117. The molecule has 19 heavy (non-hydrogen) atoms. The van der Waals surface area contributed by atoms with Gasteiger partial charge in [-0.05, 0) is 49.9 Å². The first-order valence-electron chi connectivity index (χ1n) is 7.02. The molecule has 0 saturated carbocycles. The summed E-state index contributed by atoms with van der Waals surface area (Å²) in [5, 5.41) is 6.25. The Kier molecular flexibility index (Phi) is 4.80. The minimum Gasteiger partial charge on any atom is -0.397 e. The standard InChI is InChI=1S/C15H23N3O/c1-11(12-6-8-17-9-7-12)10-15(19)18-14-5-3-2-4-13(14)16/h2-5,11-12,17H,6-10,16H2,1H3,(H,18,19). The van der Waals surface area contributed by atoms with Crippen molar-refractivity contribution in [1.29, 1.82) is 0 Å². The molecule has 1 amide bonds. The van der Waals surface area contributed by atoms with Gasteiger partial charge in [0.05, 0.1) is 11.4 Å². The van der Waals surface area contributed by atoms with Gasteiger partial charge in [-0.15, -0.1) is 0 Å². The van der Waals surface area contributed by atoms with Crippen LogP contribution in [0, 0.1) is 11.8 Å². The normalized spacial score (nSPS) is 17.9. The van der Waals surface area contributed by atoms with Gasteiger partial charge in [-0.1, -0.05) is 19.1 Å². The Morgan fingerprint density at radius 1 is 1.42 bits per heavy atom. The van der Waals surface area contributed by atoms with Gasteiger partial charge in [0.1, 0.15) is 0 Å². The quantitative estimate of drug-likeness (QED) is 0.728. The van der Waals surface area contributed by atoms with Crippen molar-refractivity contribution in [1.82, 2.24) is 5.32 Å². The first kappa shape index (κ1) is 13.9. The Hall–Kier alpha value is -1.55. The first-order valence-corrected chi connectivity index (χ1v) is 7.02. The highest BCUT2D eigenvalue weighted by Crippen LogP contribution is 2.25. The van der Waals surface area contributed by atoms with Gasteiger partial charge in [0.2, 0.25) is 5.91 Å². The zero-order chi connectivity index (χ0) is 13.7. The van der Waals surface area contributed by atoms with Crippen molar-refractivity contribution in [3.05, 3.63) is 24.3 Å². The highest BCUT2D eigenvalue weighted by atomic mass is 16.1. The first-order chi connectivity index (χ1) is 9.16. The summed E-state index contributed by atoms with van der Waals surface area (Å²) in [6.45, 7) is 4.31. The largest absolute Gasteiger partial charge is 0.397 e. The number of para-hydroxylation sites is 2. The molecule has 0 aliphatic carbocycles. The van der Waals surface area contributed by atoms with Crippen LogP contribution in [0.25, 0.3) is 0 Å². The van der Waals surface area contributed by atoms with Crippen LogP contribution in [0.15, 0.2) is 24.3 Å². The lowest BCUT2D eigenvalue weighted by Gasteiger charge is -2.27. The molecular weight excluding hydrogens is 238 g/mol. The number of carbonyl (C=O) groups is 1. The predicted octanol–water partition coefficient (Wildman–Crippen LogP) is 2.23. The van der Waals surface area contributed by atoms with E-state index in [1.54, 1.807) is 6.07 Å². The predicted molar refractivity (Wildman–Crippen MR) is 78.9 cm³/mol. The number of nitrogen functional groups attached to an aromatic ring is 1. The van der Waals surface area contributed by atoms with E-state index in [4.69, 9.17) is 5.73 Å². The number of carbonyl (C=O) groups excluding carboxylic acids is 1. The average molecular weight is 261 g/mol. The molecule has 1 aromatic rings. The molecule has 1 fully saturated rings. The lowest BCUT2D eigenvalue weighted by atomic mass is 9.84. The van der Waals surface area contributed by atoms with Gasteiger partial charge in [0, 0.05) is 6.42 Å². The van der Waals surface area contributed by atoms with E-state index < -0.39 is 0 Å². The fourth-order valence-corrected chi connectivity index (χ4v) is 2.68. The number of anilines is 2. The molecule has 4 heteroatoms. The monoisotopic (exact) mass is 261 g/mol. The van der Waals surface area contributed by atoms with Crippen LogP contribution in [-0.4, -0.2) is 19.0 Å². The average Bonchev–Trinajstić information content (AvgIpc) is 2.42. The fraction of sp³-hybridized carbons (Fsp3) is 0.533. The maximum absolute atomic E-state index is 12.0. The van der Waals surface area contributed by atoms with E-state index in [1.807, 2.05) is 18.2 Å². The topological polar surface area (TPSA) is 67.2 Å². The Morgan fingerprint density at radius 2 is 2.11 bits per heavy atom. The molecule has 0 aromatic heterocycles. The van der Waals surface area contributed by atoms with Crippen molar-refractivity contribution in [2.24, 2.45) is 11.8 Å². The Morgan fingerprint density at radius 3 is 2.79 bits per heavy atom. The summed E-state index contributed by atoms with van der Waals surface area (Å²) in [5.41, 5.74) is 7.15. The molecule has 1 saturated heterocycles. The molecule has 1 aromatic carbocycles. The van der Waals surface area contributed by atoms with Crippen LogP contribution in [0.2, 0.25) is 0 Å². The second-order valence-electron chi connectivity index (χ2n) is 5.40. The SMILES string of the molecule is CC(CC(=O)Nc1ccccc1N)C1CCNCC1. The molecule has 1 aliphatic heterocycles. The van der Waals surface area contributed by atoms with Crippen LogP contribution in [-0.2, 0) is 4.79 Å². The molecule has 0 bridgehead atoms. The van der Waals surface area contributed by atoms with Crippen LogP contribution < -0.4 is 16.4 Å². The highest BCUT2D eigenvalue weighted by molar-refractivity contribution is 5.93. The Labute approximate surface area is 114 Å². The Bertz CT molecular complexity index is 427. The minimum absolute atomic E-state index is 0.0592. The highest BCUT2D eigenvalue weighted by Gasteiger charge is 2.22. The van der Waals surface area contributed by atoms with E-state index in [1.165, 1.54) is 12.8 Å². The summed E-state index contributed by atoms with van der Waals surface area (Å²) >= 11 is 0. The summed E-state index contributed by atoms with van der Waals surface area (Å²) in [6, 6.07) is 7.37. The molecule has 4 nitrogen and oxygen atoms in total. The number of hydrogen-bond donors (Lipinski definition) is 3. The molecule has 1 unspecified atom stereocenters. The van der Waals surface area contributed by atoms with Crippen LogP contribution in [0.3, 0.4) is 0 Å². The number of nitrogens with two attached hydrogens (primary N) is 1. The summed E-state index contributed by atoms with van der Waals surface area (Å²) in [7, 11) is 0. The van der Waals surface area contributed by atoms with Gasteiger partial charge in [0.15, 0.2) is 0 Å². The second-order valence-corrected chi connectivity index (χ2v) is 5.40. The van der Waals surface area contributed by atoms with Gasteiger partial charge in [0.25, 0.3) is 0 Å². The molecule has 104 valence electrons. The van der Waals surface area contributed by atoms with E-state index in [0.29, 0.717) is 29.6 Å². The molecule has 0 radical (unpaired) electrons. The molecule has 1 atom stereocenters. The summed E-state index contributed by atoms with van der Waals surface area (Å²) < 4.78 is 0. The van der Waals surface area contributed by atoms with E-state index >= 15 is 0 Å². The van der Waals surface area contributed by atoms with Crippen LogP contribution in [0.4, 0.5) is 11.4 Å². The summed E-state index contributed by atoms with van der Waals surface area (Å²) in [4.78, 5) is 12.0. The number of amides is 1. The van der Waals surface area contributed by atoms with E-state index in [-0.39, 0.29) is 5.91 Å². The summed E-state index contributed by atoms with van der Waals surface area (Å²) in [6.07, 6.45) is 2.91. The molecule has 0 spiro atoms. The van der Waals surface area contributed by atoms with E-state index in [9.17, 15) is 4.79 Å². The van der Waals surface area contributed by atoms with Gasteiger partial charge >= 0.3 is 0 Å². The third kappa shape index (κ3) is 3.96. The third-order valence-electron chi connectivity index (χ3n) is 3.93. The van der Waals surface area contributed by atoms with Crippen molar-refractivity contribution in [2.45, 2.75) is 26.2 Å². The molecular formula is C15H23N3O. The van der Waals surface area contributed by atoms with Crippen LogP contribution in [0.1, 0.15) is 26.2 Å². The maximum atomic E-state index is 12.0. The van der Waals surface area contributed by atoms with Crippen LogP contribution in [0.5, 0.6) is 0 Å². The molecule has 1 aliphatic rings. The van der Waals surface area contributed by atoms with E-state index in [0.717, 1.165) is 13.1 Å². The molecule has 1 heterocycles. The maximum Gasteiger partial charge on any atom is 0.224 e. The fourth-order valence-electron chi connectivity index (χ4n) is 2.68. The van der Waals surface area contributed by atoms with Crippen LogP contribution >= 0.6 is 0 Å². The van der Waals surface area contributed by atoms with Gasteiger partial charge in [-0.25, -0.2) is 0 Å². The van der Waals surface area contributed by atoms with Gasteiger partial charge in [-0.3, -0.25) is 4.79 Å². The van der Waals surface area contributed by atoms with Crippen molar-refractivity contribution in [3.8, 4) is 0 Å². The number of hydrogen-bond acceptors (Lipinski definition) is 3. The van der Waals surface area contributed by atoms with Crippen molar-refractivity contribution in [3.63, 3.8) is 0 Å². The third-order valence-corrected chi connectivity index (χ3v) is 3.93. The molecule has 2 rings (SSSR count). The van der Waals surface area contributed by atoms with Crippen molar-refractivity contribution >= 4 is 17.3 Å². The number of piperidine rings is 1. The van der Waals surface area contributed by atoms with Gasteiger partial charge < -0.3 is 16.4 Å². The number of benzene rings is 1. The molecule has 4 N–H and O–H groups in total. The number of rotatable bonds is 4. The van der Waals surface area contributed by atoms with E-state index in [2.05, 4.69) is 17.6 Å². The van der Waals surface area contributed by atoms with Crippen molar-refractivity contribution < 1.29 is 4.79 Å². The zero-order valence-electron chi connectivity index (χ0n) is 11.5. The van der Waals surface area contributed by atoms with Gasteiger partial charge in [-0.2, -0.15) is 0 Å². The number of nitrogens with one attached hydrogen (secondary N) is 2. The minimum atomic E-state index is 0.0592. The zero-order valence-corrected chi connectivity index (χ0v) is 11.5. The lowest BCUT2D eigenvalue weighted by Crippen LogP contribution is -2.32. The smallest absolute Gasteiger partial charge is 0.224 e. The van der Waals surface area contributed by atoms with Crippen molar-refractivity contribution in [2.75, 3.05) is 24.1 Å². The Balaban J connectivity index is 1.85.